The van der Waals surface area contributed by atoms with Gasteiger partial charge in [-0.3, -0.25) is 14.7 Å². The summed E-state index contributed by atoms with van der Waals surface area (Å²) < 4.78 is 20.2. The number of esters is 1. The van der Waals surface area contributed by atoms with E-state index < -0.39 is 23.4 Å². The van der Waals surface area contributed by atoms with Crippen molar-refractivity contribution in [3.05, 3.63) is 63.0 Å². The van der Waals surface area contributed by atoms with Crippen LogP contribution in [0.3, 0.4) is 0 Å². The van der Waals surface area contributed by atoms with Crippen molar-refractivity contribution >= 4 is 46.4 Å². The van der Waals surface area contributed by atoms with Gasteiger partial charge in [-0.1, -0.05) is 12.1 Å². The molecule has 0 aliphatic carbocycles. The number of thiocarbonyl (C=S) groups is 1. The van der Waals surface area contributed by atoms with Gasteiger partial charge in [0, 0.05) is 56.5 Å². The number of aliphatic imine (C=N–C) groups is 1. The van der Waals surface area contributed by atoms with Crippen molar-refractivity contribution in [1.82, 2.24) is 25.0 Å². The van der Waals surface area contributed by atoms with E-state index in [0.29, 0.717) is 78.9 Å². The summed E-state index contributed by atoms with van der Waals surface area (Å²) in [4.78, 5) is 41.0. The van der Waals surface area contributed by atoms with Crippen LogP contribution in [-0.4, -0.2) is 99.6 Å². The number of benzene rings is 1. The molecular weight excluding hydrogens is 592 g/mol. The number of hydrogen-bond donors (Lipinski definition) is 2. The van der Waals surface area contributed by atoms with Crippen molar-refractivity contribution < 1.29 is 23.8 Å². The Morgan fingerprint density at radius 2 is 2.07 bits per heavy atom. The Morgan fingerprint density at radius 3 is 2.77 bits per heavy atom. The number of aliphatic carboxylic acids is 1. The van der Waals surface area contributed by atoms with Gasteiger partial charge in [-0.15, -0.1) is 11.3 Å². The molecule has 2 N–H and O–H groups in total. The maximum Gasteiger partial charge on any atom is 0.338 e. The number of hydrogen-bond acceptors (Lipinski definition) is 9. The van der Waals surface area contributed by atoms with Crippen LogP contribution in [0.5, 0.6) is 0 Å². The summed E-state index contributed by atoms with van der Waals surface area (Å²) in [6.07, 6.45) is 2.19. The Bertz CT molecular complexity index is 1460. The molecule has 230 valence electrons. The molecule has 0 spiro atoms. The second-order valence-electron chi connectivity index (χ2n) is 11.7. The number of fused-ring (bicyclic) bond motifs is 1. The first-order valence-corrected chi connectivity index (χ1v) is 15.7. The predicted molar refractivity (Wildman–Crippen MR) is 166 cm³/mol. The second kappa shape index (κ2) is 12.7. The molecule has 43 heavy (non-hydrogen) atoms. The average molecular weight is 629 g/mol. The van der Waals surface area contributed by atoms with Crippen molar-refractivity contribution in [2.24, 2.45) is 10.4 Å². The highest BCUT2D eigenvalue weighted by atomic mass is 32.1. The number of piperazine rings is 1. The SMILES string of the molecule is CCOC(=O)C1=C(CN2CCN3C(=S)N(CCC(C)(C)C(=O)O)CC3C2)NC(c2nccs2)=N[C@H]1c1cccc(F)c1C. The minimum absolute atomic E-state index is 0.137. The molecule has 0 saturated carbocycles. The summed E-state index contributed by atoms with van der Waals surface area (Å²) in [5, 5.41) is 16.2. The number of halogens is 1. The van der Waals surface area contributed by atoms with Gasteiger partial charge in [0.25, 0.3) is 0 Å². The molecule has 2 aromatic rings. The molecule has 3 aliphatic rings. The fourth-order valence-corrected chi connectivity index (χ4v) is 6.68. The molecule has 0 amide bonds. The maximum absolute atomic E-state index is 14.7. The lowest BCUT2D eigenvalue weighted by molar-refractivity contribution is -0.147. The van der Waals surface area contributed by atoms with Gasteiger partial charge in [0.1, 0.15) is 11.9 Å². The van der Waals surface area contributed by atoms with Crippen LogP contribution in [0.1, 0.15) is 49.4 Å². The number of carbonyl (C=O) groups is 2. The van der Waals surface area contributed by atoms with Crippen LogP contribution in [0.4, 0.5) is 4.39 Å². The van der Waals surface area contributed by atoms with Crippen LogP contribution in [0.15, 0.2) is 46.0 Å². The molecule has 1 aromatic heterocycles. The van der Waals surface area contributed by atoms with Gasteiger partial charge in [0.05, 0.1) is 23.6 Å². The lowest BCUT2D eigenvalue weighted by Crippen LogP contribution is -2.53. The molecule has 0 radical (unpaired) electrons. The van der Waals surface area contributed by atoms with E-state index >= 15 is 0 Å². The van der Waals surface area contributed by atoms with Crippen molar-refractivity contribution in [1.29, 1.82) is 0 Å². The van der Waals surface area contributed by atoms with Crippen LogP contribution < -0.4 is 5.32 Å². The topological polar surface area (TPSA) is 111 Å². The molecular formula is C30H37FN6O4S2. The van der Waals surface area contributed by atoms with Crippen molar-refractivity contribution in [2.45, 2.75) is 46.2 Å². The van der Waals surface area contributed by atoms with E-state index in [2.05, 4.69) is 25.0 Å². The summed E-state index contributed by atoms with van der Waals surface area (Å²) in [6, 6.07) is 4.20. The van der Waals surface area contributed by atoms with Gasteiger partial charge in [0.15, 0.2) is 16.0 Å². The van der Waals surface area contributed by atoms with E-state index in [9.17, 15) is 19.1 Å². The molecule has 3 aliphatic heterocycles. The second-order valence-corrected chi connectivity index (χ2v) is 12.9. The number of carboxylic acids is 1. The van der Waals surface area contributed by atoms with Crippen LogP contribution in [0.25, 0.3) is 0 Å². The van der Waals surface area contributed by atoms with E-state index in [0.717, 1.165) is 5.11 Å². The fourth-order valence-electron chi connectivity index (χ4n) is 5.68. The van der Waals surface area contributed by atoms with Gasteiger partial charge in [-0.25, -0.2) is 14.2 Å². The molecule has 0 bridgehead atoms. The van der Waals surface area contributed by atoms with Crippen LogP contribution >= 0.6 is 23.6 Å². The summed E-state index contributed by atoms with van der Waals surface area (Å²) in [5.41, 5.74) is 1.21. The highest BCUT2D eigenvalue weighted by molar-refractivity contribution is 7.80. The summed E-state index contributed by atoms with van der Waals surface area (Å²) in [6.45, 7) is 10.9. The third-order valence-electron chi connectivity index (χ3n) is 8.34. The number of nitrogens with one attached hydrogen (secondary N) is 1. The van der Waals surface area contributed by atoms with Crippen LogP contribution in [0.2, 0.25) is 0 Å². The predicted octanol–water partition coefficient (Wildman–Crippen LogP) is 3.59. The molecule has 2 fully saturated rings. The number of aromatic nitrogens is 1. The van der Waals surface area contributed by atoms with Gasteiger partial charge in [0.2, 0.25) is 0 Å². The largest absolute Gasteiger partial charge is 0.481 e. The quantitative estimate of drug-likeness (QED) is 0.299. The monoisotopic (exact) mass is 628 g/mol. The molecule has 4 heterocycles. The van der Waals surface area contributed by atoms with Crippen molar-refractivity contribution in [3.63, 3.8) is 0 Å². The zero-order chi connectivity index (χ0) is 30.9. The van der Waals surface area contributed by atoms with E-state index in [-0.39, 0.29) is 18.5 Å². The number of thiazole rings is 1. The number of ether oxygens (including phenoxy) is 1. The Hall–Kier alpha value is -3.42. The van der Waals surface area contributed by atoms with Gasteiger partial charge in [-0.2, -0.15) is 0 Å². The summed E-state index contributed by atoms with van der Waals surface area (Å²) in [5.74, 6) is -1.15. The minimum atomic E-state index is -0.833. The minimum Gasteiger partial charge on any atom is -0.481 e. The zero-order valence-corrected chi connectivity index (χ0v) is 26.4. The number of rotatable bonds is 10. The molecule has 2 atom stereocenters. The summed E-state index contributed by atoms with van der Waals surface area (Å²) in [7, 11) is 0. The van der Waals surface area contributed by atoms with E-state index in [1.165, 1.54) is 17.4 Å². The van der Waals surface area contributed by atoms with Crippen LogP contribution in [-0.2, 0) is 14.3 Å². The fraction of sp³-hybridized carbons (Fsp3) is 0.500. The first kappa shape index (κ1) is 31.0. The van der Waals surface area contributed by atoms with Gasteiger partial charge >= 0.3 is 11.9 Å². The van der Waals surface area contributed by atoms with Gasteiger partial charge < -0.3 is 25.0 Å². The molecule has 1 aromatic carbocycles. The Balaban J connectivity index is 1.42. The van der Waals surface area contributed by atoms with E-state index in [4.69, 9.17) is 21.9 Å². The maximum atomic E-state index is 14.7. The average Bonchev–Trinajstić information content (AvgIpc) is 3.61. The smallest absolute Gasteiger partial charge is 0.338 e. The Kier molecular flexibility index (Phi) is 9.14. The lowest BCUT2D eigenvalue weighted by Gasteiger charge is -2.38. The van der Waals surface area contributed by atoms with Crippen LogP contribution in [0, 0.1) is 18.2 Å². The van der Waals surface area contributed by atoms with E-state index in [1.807, 2.05) is 5.38 Å². The first-order valence-electron chi connectivity index (χ1n) is 14.4. The Labute approximate surface area is 260 Å². The number of carbonyl (C=O) groups excluding carboxylic acids is 1. The summed E-state index contributed by atoms with van der Waals surface area (Å²) >= 11 is 7.21. The molecule has 5 rings (SSSR count). The third-order valence-corrected chi connectivity index (χ3v) is 9.61. The molecule has 10 nitrogen and oxygen atoms in total. The Morgan fingerprint density at radius 1 is 1.28 bits per heavy atom. The lowest BCUT2D eigenvalue weighted by atomic mass is 9.89. The number of amidine groups is 1. The molecule has 13 heteroatoms. The zero-order valence-electron chi connectivity index (χ0n) is 24.8. The normalized spacial score (nSPS) is 21.0. The highest BCUT2D eigenvalue weighted by Crippen LogP contribution is 2.36. The molecule has 2 saturated heterocycles. The molecule has 1 unspecified atom stereocenters. The number of nitrogens with zero attached hydrogens (tertiary/aromatic N) is 5. The van der Waals surface area contributed by atoms with Gasteiger partial charge in [-0.05, 0) is 63.5 Å². The van der Waals surface area contributed by atoms with E-state index in [1.54, 1.807) is 46.0 Å². The van der Waals surface area contributed by atoms with Crippen molar-refractivity contribution in [3.8, 4) is 0 Å². The highest BCUT2D eigenvalue weighted by Gasteiger charge is 2.41. The first-order chi connectivity index (χ1) is 20.5. The van der Waals surface area contributed by atoms with Crippen molar-refractivity contribution in [2.75, 3.05) is 45.9 Å². The number of carboxylic acid groups (broad SMARTS) is 1. The third kappa shape index (κ3) is 6.43. The standard InChI is InChI=1S/C30H37FN6O4S2/c1-5-41-27(38)23-22(33-25(26-32-10-14-43-26)34-24(23)20-7-6-8-21(31)18(20)2)17-35-12-13-37-19(15-35)16-36(29(37)42)11-9-30(3,4)28(39)40/h6-8,10,14,19,24H,5,9,11-13,15-17H2,1-4H3,(H,33,34)(H,39,40)/t19?,24-/m0/s1.